The summed E-state index contributed by atoms with van der Waals surface area (Å²) in [6, 6.07) is 9.56. The van der Waals surface area contributed by atoms with E-state index in [9.17, 15) is 0 Å². The molecular weight excluding hydrogens is 475 g/mol. The first kappa shape index (κ1) is 24.8. The predicted octanol–water partition coefficient (Wildman–Crippen LogP) is 6.81. The van der Waals surface area contributed by atoms with E-state index in [0.29, 0.717) is 35.1 Å². The highest BCUT2D eigenvalue weighted by Crippen LogP contribution is 2.35. The third-order valence-corrected chi connectivity index (χ3v) is 6.47. The van der Waals surface area contributed by atoms with Gasteiger partial charge in [0.15, 0.2) is 0 Å². The predicted molar refractivity (Wildman–Crippen MR) is 135 cm³/mol. The monoisotopic (exact) mass is 504 g/mol. The first-order chi connectivity index (χ1) is 16.6. The number of hydrogen-bond acceptors (Lipinski definition) is 6. The Hall–Kier alpha value is -2.28. The third-order valence-electron chi connectivity index (χ3n) is 5.93. The van der Waals surface area contributed by atoms with E-state index < -0.39 is 0 Å². The Kier molecular flexibility index (Phi) is 8.70. The molecule has 1 aliphatic heterocycles. The molecule has 182 valence electrons. The van der Waals surface area contributed by atoms with Crippen molar-refractivity contribution >= 4 is 34.1 Å². The molecule has 8 heteroatoms. The molecule has 0 atom stereocenters. The molecule has 0 bridgehead atoms. The van der Waals surface area contributed by atoms with E-state index >= 15 is 0 Å². The van der Waals surface area contributed by atoms with Gasteiger partial charge in [-0.1, -0.05) is 48.7 Å². The van der Waals surface area contributed by atoms with Crippen LogP contribution in [0, 0.1) is 12.8 Å². The van der Waals surface area contributed by atoms with Gasteiger partial charge in [0.2, 0.25) is 11.8 Å². The van der Waals surface area contributed by atoms with Crippen molar-refractivity contribution in [2.75, 3.05) is 26.4 Å². The highest BCUT2D eigenvalue weighted by molar-refractivity contribution is 6.36. The lowest BCUT2D eigenvalue weighted by molar-refractivity contribution is 0.0489. The summed E-state index contributed by atoms with van der Waals surface area (Å²) in [5.41, 5.74) is 2.56. The Balaban J connectivity index is 1.52. The second-order valence-corrected chi connectivity index (χ2v) is 9.26. The Morgan fingerprint density at radius 3 is 2.50 bits per heavy atom. The molecule has 0 radical (unpaired) electrons. The van der Waals surface area contributed by atoms with Crippen LogP contribution >= 0.6 is 23.2 Å². The van der Waals surface area contributed by atoms with Crippen LogP contribution in [-0.4, -0.2) is 36.4 Å². The SMILES string of the molecule is CCCCOc1c(C)c(COc2nc(OCC3CCOCC3)c(Cl)cc2Cl)nc2ccccc12. The second-order valence-electron chi connectivity index (χ2n) is 8.45. The smallest absolute Gasteiger partial charge is 0.236 e. The summed E-state index contributed by atoms with van der Waals surface area (Å²) < 4.78 is 23.5. The van der Waals surface area contributed by atoms with E-state index in [1.807, 2.05) is 31.2 Å². The molecule has 0 N–H and O–H groups in total. The van der Waals surface area contributed by atoms with Gasteiger partial charge in [0.25, 0.3) is 0 Å². The van der Waals surface area contributed by atoms with Crippen molar-refractivity contribution in [1.29, 1.82) is 0 Å². The summed E-state index contributed by atoms with van der Waals surface area (Å²) in [5, 5.41) is 1.67. The molecule has 1 aliphatic rings. The fourth-order valence-corrected chi connectivity index (χ4v) is 4.32. The van der Waals surface area contributed by atoms with E-state index in [-0.39, 0.29) is 12.5 Å². The lowest BCUT2D eigenvalue weighted by Crippen LogP contribution is -2.21. The summed E-state index contributed by atoms with van der Waals surface area (Å²) in [6.45, 7) is 7.03. The molecule has 0 unspecified atom stereocenters. The third kappa shape index (κ3) is 6.04. The van der Waals surface area contributed by atoms with Crippen LogP contribution in [0.15, 0.2) is 30.3 Å². The minimum atomic E-state index is 0.189. The van der Waals surface area contributed by atoms with Crippen LogP contribution in [0.1, 0.15) is 43.9 Å². The zero-order chi connectivity index (χ0) is 23.9. The van der Waals surface area contributed by atoms with E-state index in [0.717, 1.165) is 66.8 Å². The lowest BCUT2D eigenvalue weighted by Gasteiger charge is -2.22. The average molecular weight is 505 g/mol. The number of pyridine rings is 2. The molecule has 0 saturated carbocycles. The zero-order valence-electron chi connectivity index (χ0n) is 19.6. The van der Waals surface area contributed by atoms with Gasteiger partial charge in [-0.15, -0.1) is 0 Å². The average Bonchev–Trinajstić information content (AvgIpc) is 2.85. The second kappa shape index (κ2) is 11.9. The van der Waals surface area contributed by atoms with E-state index in [1.54, 1.807) is 6.07 Å². The molecule has 1 fully saturated rings. The Morgan fingerprint density at radius 1 is 1.00 bits per heavy atom. The number of rotatable bonds is 10. The standard InChI is InChI=1S/C26H30Cl2N2O4/c1-3-4-11-32-24-17(2)23(29-22-8-6-5-7-19(22)24)16-34-26-21(28)14-20(27)25(30-26)33-15-18-9-12-31-13-10-18/h5-8,14,18H,3-4,9-13,15-16H2,1-2H3. The summed E-state index contributed by atoms with van der Waals surface area (Å²) in [5.74, 6) is 1.84. The number of hydrogen-bond donors (Lipinski definition) is 0. The highest BCUT2D eigenvalue weighted by Gasteiger charge is 2.19. The lowest BCUT2D eigenvalue weighted by atomic mass is 10.0. The summed E-state index contributed by atoms with van der Waals surface area (Å²) >= 11 is 12.7. The quantitative estimate of drug-likeness (QED) is 0.282. The molecular formula is C26H30Cl2N2O4. The number of para-hydroxylation sites is 1. The van der Waals surface area contributed by atoms with Crippen molar-refractivity contribution in [3.05, 3.63) is 51.6 Å². The maximum absolute atomic E-state index is 6.38. The van der Waals surface area contributed by atoms with Crippen molar-refractivity contribution in [3.63, 3.8) is 0 Å². The van der Waals surface area contributed by atoms with Crippen LogP contribution in [0.4, 0.5) is 0 Å². The number of ether oxygens (including phenoxy) is 4. The Labute approximate surface area is 210 Å². The van der Waals surface area contributed by atoms with Gasteiger partial charge in [0.05, 0.1) is 24.4 Å². The number of halogens is 2. The summed E-state index contributed by atoms with van der Waals surface area (Å²) in [7, 11) is 0. The van der Waals surface area contributed by atoms with Gasteiger partial charge in [0, 0.05) is 24.2 Å². The fourth-order valence-electron chi connectivity index (χ4n) is 3.85. The summed E-state index contributed by atoms with van der Waals surface area (Å²) in [4.78, 5) is 9.25. The van der Waals surface area contributed by atoms with Crippen LogP contribution < -0.4 is 14.2 Å². The van der Waals surface area contributed by atoms with Crippen LogP contribution in [0.2, 0.25) is 10.0 Å². The maximum Gasteiger partial charge on any atom is 0.236 e. The fraction of sp³-hybridized carbons (Fsp3) is 0.462. The largest absolute Gasteiger partial charge is 0.493 e. The van der Waals surface area contributed by atoms with E-state index in [2.05, 4.69) is 11.9 Å². The van der Waals surface area contributed by atoms with Crippen molar-refractivity contribution < 1.29 is 18.9 Å². The molecule has 3 heterocycles. The van der Waals surface area contributed by atoms with E-state index in [1.165, 1.54) is 0 Å². The van der Waals surface area contributed by atoms with Crippen molar-refractivity contribution in [2.24, 2.45) is 5.92 Å². The number of unbranched alkanes of at least 4 members (excludes halogenated alkanes) is 1. The molecule has 3 aromatic rings. The van der Waals surface area contributed by atoms with Gasteiger partial charge in [-0.05, 0) is 50.3 Å². The van der Waals surface area contributed by atoms with Gasteiger partial charge < -0.3 is 18.9 Å². The molecule has 1 aromatic carbocycles. The van der Waals surface area contributed by atoms with Crippen molar-refractivity contribution in [3.8, 4) is 17.5 Å². The van der Waals surface area contributed by atoms with Gasteiger partial charge in [0.1, 0.15) is 22.4 Å². The van der Waals surface area contributed by atoms with Crippen molar-refractivity contribution in [1.82, 2.24) is 9.97 Å². The molecule has 0 amide bonds. The van der Waals surface area contributed by atoms with Gasteiger partial charge in [-0.25, -0.2) is 4.98 Å². The minimum absolute atomic E-state index is 0.189. The Morgan fingerprint density at radius 2 is 1.74 bits per heavy atom. The molecule has 4 rings (SSSR count). The van der Waals surface area contributed by atoms with Gasteiger partial charge in [-0.3, -0.25) is 0 Å². The van der Waals surface area contributed by atoms with E-state index in [4.69, 9.17) is 47.1 Å². The minimum Gasteiger partial charge on any atom is -0.493 e. The molecule has 0 spiro atoms. The number of nitrogens with zero attached hydrogens (tertiary/aromatic N) is 2. The summed E-state index contributed by atoms with van der Waals surface area (Å²) in [6.07, 6.45) is 3.98. The molecule has 34 heavy (non-hydrogen) atoms. The van der Waals surface area contributed by atoms with Gasteiger partial charge >= 0.3 is 0 Å². The zero-order valence-corrected chi connectivity index (χ0v) is 21.1. The molecule has 6 nitrogen and oxygen atoms in total. The maximum atomic E-state index is 6.38. The molecule has 1 saturated heterocycles. The van der Waals surface area contributed by atoms with Crippen LogP contribution in [0.25, 0.3) is 10.9 Å². The van der Waals surface area contributed by atoms with Crippen LogP contribution in [-0.2, 0) is 11.3 Å². The highest BCUT2D eigenvalue weighted by atomic mass is 35.5. The van der Waals surface area contributed by atoms with Crippen molar-refractivity contribution in [2.45, 2.75) is 46.1 Å². The first-order valence-electron chi connectivity index (χ1n) is 11.8. The number of benzene rings is 1. The van der Waals surface area contributed by atoms with Gasteiger partial charge in [-0.2, -0.15) is 4.98 Å². The molecule has 0 aliphatic carbocycles. The number of aromatic nitrogens is 2. The first-order valence-corrected chi connectivity index (χ1v) is 12.5. The number of fused-ring (bicyclic) bond motifs is 1. The molecule has 2 aromatic heterocycles. The van der Waals surface area contributed by atoms with Crippen LogP contribution in [0.5, 0.6) is 17.5 Å². The normalized spacial score (nSPS) is 14.4. The Bertz CT molecular complexity index is 1120. The topological polar surface area (TPSA) is 62.7 Å². The van der Waals surface area contributed by atoms with Crippen LogP contribution in [0.3, 0.4) is 0 Å².